The zero-order chi connectivity index (χ0) is 26.7. The number of esters is 1. The lowest BCUT2D eigenvalue weighted by molar-refractivity contribution is -0.123. The second kappa shape index (κ2) is 13.2. The van der Waals surface area contributed by atoms with E-state index in [1.807, 2.05) is 61.5 Å². The first kappa shape index (κ1) is 26.6. The molecule has 0 spiro atoms. The summed E-state index contributed by atoms with van der Waals surface area (Å²) in [5.74, 6) is 0.349. The van der Waals surface area contributed by atoms with Crippen molar-refractivity contribution in [1.82, 2.24) is 5.43 Å². The predicted octanol–water partition coefficient (Wildman–Crippen LogP) is 6.26. The molecule has 1 N–H and O–H groups in total. The molecule has 1 amide bonds. The Hall–Kier alpha value is -4.43. The standard InChI is InChI=1S/C30H25BrN2O5/c1-2-36-28-18-21(8-17-27(28)38-30(35)24-9-13-25(31)14-10-24)19-32-33-29(34)20-37-26-15-11-23(12-16-26)22-6-4-3-5-7-22/h3-19H,2,20H2,1H3,(H,33,34)/b32-19-. The lowest BCUT2D eigenvalue weighted by Crippen LogP contribution is -2.24. The first-order chi connectivity index (χ1) is 18.5. The molecule has 0 heterocycles. The summed E-state index contributed by atoms with van der Waals surface area (Å²) < 4.78 is 17.6. The Balaban J connectivity index is 1.30. The SMILES string of the molecule is CCOc1cc(/C=N\NC(=O)COc2ccc(-c3ccccc3)cc2)ccc1OC(=O)c1ccc(Br)cc1. The van der Waals surface area contributed by atoms with E-state index in [9.17, 15) is 9.59 Å². The number of nitrogens with zero attached hydrogens (tertiary/aromatic N) is 1. The highest BCUT2D eigenvalue weighted by molar-refractivity contribution is 9.10. The molecule has 7 nitrogen and oxygen atoms in total. The van der Waals surface area contributed by atoms with Gasteiger partial charge in [0.1, 0.15) is 5.75 Å². The average molecular weight is 573 g/mol. The van der Waals surface area contributed by atoms with Crippen LogP contribution in [0.5, 0.6) is 17.2 Å². The monoisotopic (exact) mass is 572 g/mol. The molecule has 0 fully saturated rings. The number of halogens is 1. The Morgan fingerprint density at radius 3 is 2.26 bits per heavy atom. The molecule has 4 aromatic carbocycles. The van der Waals surface area contributed by atoms with Gasteiger partial charge in [-0.3, -0.25) is 4.79 Å². The summed E-state index contributed by atoms with van der Waals surface area (Å²) in [6.07, 6.45) is 1.47. The largest absolute Gasteiger partial charge is 0.490 e. The number of carbonyl (C=O) groups excluding carboxylic acids is 2. The third kappa shape index (κ3) is 7.54. The first-order valence-corrected chi connectivity index (χ1v) is 12.7. The van der Waals surface area contributed by atoms with Gasteiger partial charge >= 0.3 is 5.97 Å². The third-order valence-electron chi connectivity index (χ3n) is 5.28. The topological polar surface area (TPSA) is 86.2 Å². The van der Waals surface area contributed by atoms with Crippen LogP contribution in [0.4, 0.5) is 0 Å². The van der Waals surface area contributed by atoms with Crippen LogP contribution >= 0.6 is 15.9 Å². The molecule has 0 aliphatic carbocycles. The molecule has 0 aliphatic heterocycles. The van der Waals surface area contributed by atoms with Gasteiger partial charge in [-0.25, -0.2) is 10.2 Å². The number of carbonyl (C=O) groups is 2. The van der Waals surface area contributed by atoms with E-state index in [0.29, 0.717) is 29.2 Å². The van der Waals surface area contributed by atoms with E-state index in [4.69, 9.17) is 14.2 Å². The molecule has 38 heavy (non-hydrogen) atoms. The van der Waals surface area contributed by atoms with Crippen molar-refractivity contribution in [2.45, 2.75) is 6.92 Å². The maximum atomic E-state index is 12.5. The Morgan fingerprint density at radius 2 is 1.55 bits per heavy atom. The molecule has 4 rings (SSSR count). The van der Waals surface area contributed by atoms with Gasteiger partial charge < -0.3 is 14.2 Å². The van der Waals surface area contributed by atoms with Crippen molar-refractivity contribution in [2.24, 2.45) is 5.10 Å². The summed E-state index contributed by atoms with van der Waals surface area (Å²) >= 11 is 3.34. The minimum absolute atomic E-state index is 0.183. The van der Waals surface area contributed by atoms with Crippen LogP contribution in [0.2, 0.25) is 0 Å². The van der Waals surface area contributed by atoms with E-state index < -0.39 is 11.9 Å². The fraction of sp³-hybridized carbons (Fsp3) is 0.100. The van der Waals surface area contributed by atoms with Crippen LogP contribution in [0.25, 0.3) is 11.1 Å². The van der Waals surface area contributed by atoms with Gasteiger partial charge in [0, 0.05) is 4.47 Å². The van der Waals surface area contributed by atoms with E-state index in [1.165, 1.54) is 6.21 Å². The summed E-state index contributed by atoms with van der Waals surface area (Å²) in [6, 6.07) is 29.4. The van der Waals surface area contributed by atoms with Crippen LogP contribution in [-0.4, -0.2) is 31.3 Å². The van der Waals surface area contributed by atoms with E-state index >= 15 is 0 Å². The molecule has 4 aromatic rings. The minimum Gasteiger partial charge on any atom is -0.490 e. The molecule has 0 aliphatic rings. The van der Waals surface area contributed by atoms with Gasteiger partial charge in [0.2, 0.25) is 0 Å². The fourth-order valence-corrected chi connectivity index (χ4v) is 3.70. The number of hydrazone groups is 1. The van der Waals surface area contributed by atoms with Gasteiger partial charge in [0.15, 0.2) is 18.1 Å². The first-order valence-electron chi connectivity index (χ1n) is 11.9. The van der Waals surface area contributed by atoms with Crippen LogP contribution in [0.15, 0.2) is 107 Å². The zero-order valence-electron chi connectivity index (χ0n) is 20.6. The van der Waals surface area contributed by atoms with Crippen LogP contribution in [-0.2, 0) is 4.79 Å². The lowest BCUT2D eigenvalue weighted by Gasteiger charge is -2.11. The molecule has 0 bridgehead atoms. The highest BCUT2D eigenvalue weighted by atomic mass is 79.9. The van der Waals surface area contributed by atoms with Crippen molar-refractivity contribution in [3.8, 4) is 28.4 Å². The van der Waals surface area contributed by atoms with Gasteiger partial charge in [-0.15, -0.1) is 0 Å². The van der Waals surface area contributed by atoms with Crippen molar-refractivity contribution in [2.75, 3.05) is 13.2 Å². The van der Waals surface area contributed by atoms with Crippen LogP contribution in [0.3, 0.4) is 0 Å². The number of ether oxygens (including phenoxy) is 3. The number of hydrogen-bond acceptors (Lipinski definition) is 6. The van der Waals surface area contributed by atoms with E-state index in [2.05, 4.69) is 26.5 Å². The molecule has 0 unspecified atom stereocenters. The van der Waals surface area contributed by atoms with Gasteiger partial charge in [-0.2, -0.15) is 5.10 Å². The highest BCUT2D eigenvalue weighted by Gasteiger charge is 2.13. The fourth-order valence-electron chi connectivity index (χ4n) is 3.44. The Kier molecular flexibility index (Phi) is 9.26. The van der Waals surface area contributed by atoms with Gasteiger partial charge in [0.05, 0.1) is 18.4 Å². The molecule has 0 saturated heterocycles. The second-order valence-electron chi connectivity index (χ2n) is 8.01. The number of hydrogen-bond donors (Lipinski definition) is 1. The molecule has 8 heteroatoms. The number of rotatable bonds is 10. The molecule has 0 saturated carbocycles. The molecular weight excluding hydrogens is 548 g/mol. The normalized spacial score (nSPS) is 10.7. The van der Waals surface area contributed by atoms with Gasteiger partial charge in [-0.05, 0) is 78.2 Å². The van der Waals surface area contributed by atoms with Crippen molar-refractivity contribution in [3.05, 3.63) is 113 Å². The van der Waals surface area contributed by atoms with Gasteiger partial charge in [0.25, 0.3) is 5.91 Å². The van der Waals surface area contributed by atoms with Crippen molar-refractivity contribution >= 4 is 34.0 Å². The Labute approximate surface area is 229 Å². The lowest BCUT2D eigenvalue weighted by atomic mass is 10.1. The summed E-state index contributed by atoms with van der Waals surface area (Å²) in [7, 11) is 0. The third-order valence-corrected chi connectivity index (χ3v) is 5.81. The predicted molar refractivity (Wildman–Crippen MR) is 150 cm³/mol. The Bertz CT molecular complexity index is 1410. The van der Waals surface area contributed by atoms with E-state index in [-0.39, 0.29) is 12.4 Å². The van der Waals surface area contributed by atoms with Crippen molar-refractivity contribution in [1.29, 1.82) is 0 Å². The summed E-state index contributed by atoms with van der Waals surface area (Å²) in [4.78, 5) is 24.6. The summed E-state index contributed by atoms with van der Waals surface area (Å²) in [6.45, 7) is 2.03. The molecule has 0 atom stereocenters. The van der Waals surface area contributed by atoms with E-state index in [0.717, 1.165) is 15.6 Å². The van der Waals surface area contributed by atoms with E-state index in [1.54, 1.807) is 42.5 Å². The average Bonchev–Trinajstić information content (AvgIpc) is 2.94. The van der Waals surface area contributed by atoms with Gasteiger partial charge in [-0.1, -0.05) is 58.4 Å². The minimum atomic E-state index is -0.498. The number of amides is 1. The van der Waals surface area contributed by atoms with Crippen LogP contribution < -0.4 is 19.6 Å². The Morgan fingerprint density at radius 1 is 0.842 bits per heavy atom. The summed E-state index contributed by atoms with van der Waals surface area (Å²) in [5.41, 5.74) is 5.67. The summed E-state index contributed by atoms with van der Waals surface area (Å²) in [5, 5.41) is 3.98. The highest BCUT2D eigenvalue weighted by Crippen LogP contribution is 2.29. The number of nitrogens with one attached hydrogen (secondary N) is 1. The van der Waals surface area contributed by atoms with Crippen molar-refractivity contribution in [3.63, 3.8) is 0 Å². The second-order valence-corrected chi connectivity index (χ2v) is 8.92. The zero-order valence-corrected chi connectivity index (χ0v) is 22.2. The van der Waals surface area contributed by atoms with Crippen LogP contribution in [0.1, 0.15) is 22.8 Å². The van der Waals surface area contributed by atoms with Crippen LogP contribution in [0, 0.1) is 0 Å². The molecule has 0 aromatic heterocycles. The quantitative estimate of drug-likeness (QED) is 0.105. The number of benzene rings is 4. The maximum absolute atomic E-state index is 12.5. The molecule has 192 valence electrons. The molecular formula is C30H25BrN2O5. The maximum Gasteiger partial charge on any atom is 0.343 e. The molecule has 0 radical (unpaired) electrons. The smallest absolute Gasteiger partial charge is 0.343 e. The van der Waals surface area contributed by atoms with Crippen molar-refractivity contribution < 1.29 is 23.8 Å².